The average molecular weight is 284 g/mol. The Balaban J connectivity index is 1.90. The average Bonchev–Trinajstić information content (AvgIpc) is 2.94. The minimum absolute atomic E-state index is 0.183. The summed E-state index contributed by atoms with van der Waals surface area (Å²) >= 11 is 0. The molecule has 1 atom stereocenters. The Morgan fingerprint density at radius 3 is 2.30 bits per heavy atom. The van der Waals surface area contributed by atoms with Crippen molar-refractivity contribution in [1.82, 2.24) is 4.90 Å². The topological polar surface area (TPSA) is 40.6 Å². The molecule has 2 saturated heterocycles. The maximum absolute atomic E-state index is 12.5. The third kappa shape index (κ3) is 1.85. The van der Waals surface area contributed by atoms with Crippen LogP contribution < -0.4 is 4.90 Å². The van der Waals surface area contributed by atoms with E-state index >= 15 is 0 Å². The second-order valence-corrected chi connectivity index (χ2v) is 4.85. The summed E-state index contributed by atoms with van der Waals surface area (Å²) in [6, 6.07) is 3.15. The molecular weight excluding hydrogens is 273 g/mol. The van der Waals surface area contributed by atoms with Crippen molar-refractivity contribution >= 4 is 17.6 Å². The van der Waals surface area contributed by atoms with Gasteiger partial charge >= 0.3 is 12.2 Å². The maximum atomic E-state index is 12.5. The normalized spacial score (nSPS) is 22.6. The standard InChI is InChI=1S/C13H11F3N2O2/c14-13(15,16)8-3-5-9(6-4-8)18-11(19)10-2-1-7-17(10)12(18)20/h3-6,10H,1-2,7H2. The number of carbonyl (C=O) groups excluding carboxylic acids is 2. The number of benzene rings is 1. The second-order valence-electron chi connectivity index (χ2n) is 4.85. The smallest absolute Gasteiger partial charge is 0.312 e. The Labute approximate surface area is 112 Å². The van der Waals surface area contributed by atoms with Crippen molar-refractivity contribution in [2.24, 2.45) is 0 Å². The van der Waals surface area contributed by atoms with Crippen LogP contribution in [0, 0.1) is 0 Å². The minimum Gasteiger partial charge on any atom is -0.312 e. The molecule has 0 saturated carbocycles. The van der Waals surface area contributed by atoms with E-state index in [0.29, 0.717) is 13.0 Å². The molecule has 7 heteroatoms. The molecule has 0 bridgehead atoms. The number of rotatable bonds is 1. The molecule has 106 valence electrons. The Hall–Kier alpha value is -2.05. The van der Waals surface area contributed by atoms with Crippen LogP contribution in [0.3, 0.4) is 0 Å². The van der Waals surface area contributed by atoms with Gasteiger partial charge in [-0.1, -0.05) is 0 Å². The first kappa shape index (κ1) is 13.0. The lowest BCUT2D eigenvalue weighted by molar-refractivity contribution is -0.137. The van der Waals surface area contributed by atoms with E-state index in [1.54, 1.807) is 0 Å². The summed E-state index contributed by atoms with van der Waals surface area (Å²) in [5, 5.41) is 0. The molecule has 1 aromatic carbocycles. The van der Waals surface area contributed by atoms with Gasteiger partial charge in [0.2, 0.25) is 0 Å². The highest BCUT2D eigenvalue weighted by atomic mass is 19.4. The number of alkyl halides is 3. The van der Waals surface area contributed by atoms with Crippen LogP contribution in [0.15, 0.2) is 24.3 Å². The first-order chi connectivity index (χ1) is 9.39. The first-order valence-electron chi connectivity index (χ1n) is 6.21. The molecule has 20 heavy (non-hydrogen) atoms. The molecule has 0 N–H and O–H groups in total. The highest BCUT2D eigenvalue weighted by molar-refractivity contribution is 6.21. The molecule has 0 aliphatic carbocycles. The van der Waals surface area contributed by atoms with Crippen LogP contribution in [0.5, 0.6) is 0 Å². The molecule has 4 nitrogen and oxygen atoms in total. The maximum Gasteiger partial charge on any atom is 0.416 e. The van der Waals surface area contributed by atoms with Crippen LogP contribution in [0.25, 0.3) is 0 Å². The fraction of sp³-hybridized carbons (Fsp3) is 0.385. The number of anilines is 1. The summed E-state index contributed by atoms with van der Waals surface area (Å²) < 4.78 is 37.4. The van der Waals surface area contributed by atoms with Gasteiger partial charge in [-0.2, -0.15) is 13.2 Å². The van der Waals surface area contributed by atoms with E-state index < -0.39 is 23.8 Å². The van der Waals surface area contributed by atoms with Gasteiger partial charge in [-0.05, 0) is 37.1 Å². The van der Waals surface area contributed by atoms with Crippen LogP contribution in [0.4, 0.5) is 23.7 Å². The van der Waals surface area contributed by atoms with E-state index in [0.717, 1.165) is 35.6 Å². The second kappa shape index (κ2) is 4.22. The largest absolute Gasteiger partial charge is 0.416 e. The molecule has 0 radical (unpaired) electrons. The van der Waals surface area contributed by atoms with Gasteiger partial charge in [-0.25, -0.2) is 9.69 Å². The number of urea groups is 1. The van der Waals surface area contributed by atoms with E-state index in [1.807, 2.05) is 0 Å². The van der Waals surface area contributed by atoms with Gasteiger partial charge in [0.05, 0.1) is 11.3 Å². The number of carbonyl (C=O) groups is 2. The third-order valence-electron chi connectivity index (χ3n) is 3.65. The van der Waals surface area contributed by atoms with Gasteiger partial charge in [-0.3, -0.25) is 4.79 Å². The van der Waals surface area contributed by atoms with Crippen molar-refractivity contribution in [3.05, 3.63) is 29.8 Å². The van der Waals surface area contributed by atoms with Crippen molar-refractivity contribution in [2.75, 3.05) is 11.4 Å². The Bertz CT molecular complexity index is 546. The summed E-state index contributed by atoms with van der Waals surface area (Å²) in [6.07, 6.45) is -3.04. The number of nitrogens with zero attached hydrogens (tertiary/aromatic N) is 2. The van der Waals surface area contributed by atoms with Gasteiger partial charge in [0.15, 0.2) is 0 Å². The predicted octanol–water partition coefficient (Wildman–Crippen LogP) is 2.64. The molecule has 0 spiro atoms. The molecule has 2 heterocycles. The number of hydrogen-bond donors (Lipinski definition) is 0. The van der Waals surface area contributed by atoms with Gasteiger partial charge in [0, 0.05) is 6.54 Å². The summed E-state index contributed by atoms with van der Waals surface area (Å²) in [5.74, 6) is -0.354. The zero-order chi connectivity index (χ0) is 14.5. The predicted molar refractivity (Wildman–Crippen MR) is 64.1 cm³/mol. The van der Waals surface area contributed by atoms with E-state index in [2.05, 4.69) is 0 Å². The van der Waals surface area contributed by atoms with Gasteiger partial charge in [0.1, 0.15) is 6.04 Å². The summed E-state index contributed by atoms with van der Waals surface area (Å²) in [6.45, 7) is 0.520. The molecular formula is C13H11F3N2O2. The van der Waals surface area contributed by atoms with Crippen molar-refractivity contribution in [3.63, 3.8) is 0 Å². The number of hydrogen-bond acceptors (Lipinski definition) is 2. The monoisotopic (exact) mass is 284 g/mol. The van der Waals surface area contributed by atoms with E-state index in [1.165, 1.54) is 4.90 Å². The molecule has 3 amide bonds. The zero-order valence-corrected chi connectivity index (χ0v) is 10.4. The molecule has 2 fully saturated rings. The highest BCUT2D eigenvalue weighted by Gasteiger charge is 2.48. The number of halogens is 3. The Morgan fingerprint density at radius 1 is 1.10 bits per heavy atom. The summed E-state index contributed by atoms with van der Waals surface area (Å²) in [4.78, 5) is 26.6. The molecule has 2 aliphatic rings. The number of imide groups is 1. The zero-order valence-electron chi connectivity index (χ0n) is 10.4. The van der Waals surface area contributed by atoms with Gasteiger partial charge in [0.25, 0.3) is 5.91 Å². The lowest BCUT2D eigenvalue weighted by Crippen LogP contribution is -2.33. The van der Waals surface area contributed by atoms with Gasteiger partial charge in [-0.15, -0.1) is 0 Å². The van der Waals surface area contributed by atoms with Crippen molar-refractivity contribution in [1.29, 1.82) is 0 Å². The SMILES string of the molecule is O=C1C2CCCN2C(=O)N1c1ccc(C(F)(F)F)cc1. The Kier molecular flexibility index (Phi) is 2.74. The van der Waals surface area contributed by atoms with Crippen LogP contribution in [0.1, 0.15) is 18.4 Å². The molecule has 3 rings (SSSR count). The lowest BCUT2D eigenvalue weighted by Gasteiger charge is -2.16. The highest BCUT2D eigenvalue weighted by Crippen LogP contribution is 2.34. The van der Waals surface area contributed by atoms with Crippen molar-refractivity contribution in [3.8, 4) is 0 Å². The quantitative estimate of drug-likeness (QED) is 0.744. The fourth-order valence-corrected chi connectivity index (χ4v) is 2.66. The summed E-state index contributed by atoms with van der Waals surface area (Å²) in [7, 11) is 0. The molecule has 0 aromatic heterocycles. The van der Waals surface area contributed by atoms with Gasteiger partial charge < -0.3 is 4.90 Å². The van der Waals surface area contributed by atoms with Crippen LogP contribution in [-0.2, 0) is 11.0 Å². The van der Waals surface area contributed by atoms with E-state index in [-0.39, 0.29) is 11.6 Å². The lowest BCUT2D eigenvalue weighted by atomic mass is 10.1. The minimum atomic E-state index is -4.43. The summed E-state index contributed by atoms with van der Waals surface area (Å²) in [5.41, 5.74) is -0.622. The number of amides is 3. The van der Waals surface area contributed by atoms with E-state index in [4.69, 9.17) is 0 Å². The van der Waals surface area contributed by atoms with Crippen molar-refractivity contribution in [2.45, 2.75) is 25.1 Å². The van der Waals surface area contributed by atoms with Crippen LogP contribution in [-0.4, -0.2) is 29.4 Å². The number of fused-ring (bicyclic) bond motifs is 1. The fourth-order valence-electron chi connectivity index (χ4n) is 2.66. The molecule has 1 aromatic rings. The van der Waals surface area contributed by atoms with Crippen LogP contribution >= 0.6 is 0 Å². The Morgan fingerprint density at radius 2 is 1.75 bits per heavy atom. The van der Waals surface area contributed by atoms with Crippen LogP contribution in [0.2, 0.25) is 0 Å². The molecule has 2 aliphatic heterocycles. The van der Waals surface area contributed by atoms with E-state index in [9.17, 15) is 22.8 Å². The molecule has 1 unspecified atom stereocenters. The first-order valence-corrected chi connectivity index (χ1v) is 6.21. The van der Waals surface area contributed by atoms with Crippen molar-refractivity contribution < 1.29 is 22.8 Å². The third-order valence-corrected chi connectivity index (χ3v) is 3.65.